The van der Waals surface area contributed by atoms with Crippen LogP contribution in [0.15, 0.2) is 51.2 Å². The summed E-state index contributed by atoms with van der Waals surface area (Å²) >= 11 is 1.42. The summed E-state index contributed by atoms with van der Waals surface area (Å²) in [7, 11) is 0. The number of nitrogens with two attached hydrogens (primary N) is 1. The maximum atomic E-state index is 5.70. The number of hydrogen-bond acceptors (Lipinski definition) is 5. The SMILES string of the molecule is Cc1cccnc1Sc1nc2ccc(N)cc2o1. The number of anilines is 1. The molecule has 0 bridgehead atoms. The number of nitrogen functional groups attached to an aromatic ring is 1. The van der Waals surface area contributed by atoms with E-state index in [-0.39, 0.29) is 0 Å². The van der Waals surface area contributed by atoms with E-state index in [1.54, 1.807) is 12.3 Å². The van der Waals surface area contributed by atoms with Gasteiger partial charge in [-0.05, 0) is 42.4 Å². The lowest BCUT2D eigenvalue weighted by atomic mass is 10.3. The Morgan fingerprint density at radius 2 is 2.17 bits per heavy atom. The van der Waals surface area contributed by atoms with Gasteiger partial charge >= 0.3 is 0 Å². The molecule has 0 radical (unpaired) electrons. The number of oxazole rings is 1. The first-order valence-electron chi connectivity index (χ1n) is 5.48. The van der Waals surface area contributed by atoms with Gasteiger partial charge < -0.3 is 10.2 Å². The van der Waals surface area contributed by atoms with Crippen LogP contribution >= 0.6 is 11.8 Å². The lowest BCUT2D eigenvalue weighted by molar-refractivity contribution is 0.489. The minimum Gasteiger partial charge on any atom is -0.431 e. The van der Waals surface area contributed by atoms with Crippen molar-refractivity contribution in [1.29, 1.82) is 0 Å². The fourth-order valence-electron chi connectivity index (χ4n) is 1.62. The number of hydrogen-bond donors (Lipinski definition) is 1. The maximum absolute atomic E-state index is 5.70. The molecule has 2 heterocycles. The third kappa shape index (κ3) is 2.04. The van der Waals surface area contributed by atoms with Crippen molar-refractivity contribution in [2.45, 2.75) is 17.2 Å². The smallest absolute Gasteiger partial charge is 0.263 e. The molecule has 18 heavy (non-hydrogen) atoms. The first kappa shape index (κ1) is 11.1. The highest BCUT2D eigenvalue weighted by Crippen LogP contribution is 2.30. The summed E-state index contributed by atoms with van der Waals surface area (Å²) in [4.78, 5) is 8.69. The van der Waals surface area contributed by atoms with Gasteiger partial charge in [-0.25, -0.2) is 9.97 Å². The van der Waals surface area contributed by atoms with Gasteiger partial charge in [0.05, 0.1) is 0 Å². The van der Waals surface area contributed by atoms with E-state index in [1.807, 2.05) is 31.2 Å². The molecule has 1 aromatic carbocycles. The van der Waals surface area contributed by atoms with E-state index in [1.165, 1.54) is 11.8 Å². The van der Waals surface area contributed by atoms with E-state index in [9.17, 15) is 0 Å². The Morgan fingerprint density at radius 3 is 3.00 bits per heavy atom. The minimum absolute atomic E-state index is 0.581. The third-order valence-electron chi connectivity index (χ3n) is 2.54. The zero-order valence-corrected chi connectivity index (χ0v) is 10.6. The van der Waals surface area contributed by atoms with Gasteiger partial charge in [-0.1, -0.05) is 6.07 Å². The van der Waals surface area contributed by atoms with E-state index in [4.69, 9.17) is 10.2 Å². The van der Waals surface area contributed by atoms with Crippen LogP contribution in [0.5, 0.6) is 0 Å². The van der Waals surface area contributed by atoms with Crippen molar-refractivity contribution in [3.8, 4) is 0 Å². The molecule has 0 unspecified atom stereocenters. The minimum atomic E-state index is 0.581. The highest BCUT2D eigenvalue weighted by molar-refractivity contribution is 7.99. The number of pyridine rings is 1. The molecular weight excluding hydrogens is 246 g/mol. The number of aryl methyl sites for hydroxylation is 1. The fraction of sp³-hybridized carbons (Fsp3) is 0.0769. The van der Waals surface area contributed by atoms with Gasteiger partial charge in [0, 0.05) is 18.0 Å². The van der Waals surface area contributed by atoms with Gasteiger partial charge in [0.1, 0.15) is 10.5 Å². The fourth-order valence-corrected chi connectivity index (χ4v) is 2.41. The van der Waals surface area contributed by atoms with Gasteiger partial charge in [-0.15, -0.1) is 0 Å². The molecule has 5 heteroatoms. The summed E-state index contributed by atoms with van der Waals surface area (Å²) in [5.74, 6) is 0. The molecule has 4 nitrogen and oxygen atoms in total. The molecule has 2 N–H and O–H groups in total. The maximum Gasteiger partial charge on any atom is 0.263 e. The zero-order chi connectivity index (χ0) is 12.5. The van der Waals surface area contributed by atoms with Crippen LogP contribution in [0.4, 0.5) is 5.69 Å². The third-order valence-corrected chi connectivity index (χ3v) is 3.51. The predicted molar refractivity (Wildman–Crippen MR) is 71.5 cm³/mol. The topological polar surface area (TPSA) is 64.9 Å². The number of nitrogens with zero attached hydrogens (tertiary/aromatic N) is 2. The van der Waals surface area contributed by atoms with Crippen LogP contribution in [0.25, 0.3) is 11.1 Å². The van der Waals surface area contributed by atoms with Gasteiger partial charge in [0.2, 0.25) is 0 Å². The summed E-state index contributed by atoms with van der Waals surface area (Å²) in [6.45, 7) is 2.01. The molecule has 0 aliphatic heterocycles. The number of rotatable bonds is 2. The second kappa shape index (κ2) is 4.34. The first-order chi connectivity index (χ1) is 8.72. The second-order valence-corrected chi connectivity index (χ2v) is 4.87. The Labute approximate surface area is 108 Å². The molecule has 0 saturated heterocycles. The van der Waals surface area contributed by atoms with Gasteiger partial charge in [0.25, 0.3) is 5.22 Å². The summed E-state index contributed by atoms with van der Waals surface area (Å²) in [5.41, 5.74) is 8.98. The van der Waals surface area contributed by atoms with E-state index < -0.39 is 0 Å². The van der Waals surface area contributed by atoms with Crippen molar-refractivity contribution in [2.24, 2.45) is 0 Å². The standard InChI is InChI=1S/C13H11N3OS/c1-8-3-2-6-15-12(8)18-13-16-10-5-4-9(14)7-11(10)17-13/h2-7H,14H2,1H3. The second-order valence-electron chi connectivity index (χ2n) is 3.93. The Hall–Kier alpha value is -2.01. The highest BCUT2D eigenvalue weighted by atomic mass is 32.2. The van der Waals surface area contributed by atoms with Gasteiger partial charge in [-0.3, -0.25) is 0 Å². The highest BCUT2D eigenvalue weighted by Gasteiger charge is 2.09. The normalized spacial score (nSPS) is 10.9. The van der Waals surface area contributed by atoms with Crippen LogP contribution in [-0.2, 0) is 0 Å². The first-order valence-corrected chi connectivity index (χ1v) is 6.29. The Bertz CT molecular complexity index is 708. The molecule has 2 aromatic heterocycles. The molecule has 0 aliphatic rings. The van der Waals surface area contributed by atoms with E-state index in [0.717, 1.165) is 16.1 Å². The van der Waals surface area contributed by atoms with Crippen molar-refractivity contribution in [3.63, 3.8) is 0 Å². The number of benzene rings is 1. The van der Waals surface area contributed by atoms with Crippen LogP contribution in [-0.4, -0.2) is 9.97 Å². The monoisotopic (exact) mass is 257 g/mol. The van der Waals surface area contributed by atoms with Crippen molar-refractivity contribution >= 4 is 28.5 Å². The van der Waals surface area contributed by atoms with Gasteiger partial charge in [-0.2, -0.15) is 0 Å². The predicted octanol–water partition coefficient (Wildman–Crippen LogP) is 3.26. The number of aromatic nitrogens is 2. The molecule has 0 amide bonds. The van der Waals surface area contributed by atoms with E-state index in [2.05, 4.69) is 9.97 Å². The molecule has 3 aromatic rings. The molecule has 0 atom stereocenters. The summed E-state index contributed by atoms with van der Waals surface area (Å²) in [5, 5.41) is 1.48. The van der Waals surface area contributed by atoms with Crippen molar-refractivity contribution in [1.82, 2.24) is 9.97 Å². The molecule has 3 rings (SSSR count). The number of fused-ring (bicyclic) bond motifs is 1. The average Bonchev–Trinajstić information content (AvgIpc) is 2.73. The van der Waals surface area contributed by atoms with Crippen LogP contribution in [0, 0.1) is 6.92 Å². The summed E-state index contributed by atoms with van der Waals surface area (Å²) in [6, 6.07) is 9.36. The quantitative estimate of drug-likeness (QED) is 0.714. The van der Waals surface area contributed by atoms with Crippen molar-refractivity contribution < 1.29 is 4.42 Å². The van der Waals surface area contributed by atoms with Gasteiger partial charge in [0.15, 0.2) is 5.58 Å². The molecule has 0 fully saturated rings. The molecule has 0 aliphatic carbocycles. The van der Waals surface area contributed by atoms with Crippen LogP contribution in [0.1, 0.15) is 5.56 Å². The van der Waals surface area contributed by atoms with Crippen molar-refractivity contribution in [2.75, 3.05) is 5.73 Å². The Morgan fingerprint density at radius 1 is 1.28 bits per heavy atom. The van der Waals surface area contributed by atoms with E-state index >= 15 is 0 Å². The van der Waals surface area contributed by atoms with Crippen molar-refractivity contribution in [3.05, 3.63) is 42.1 Å². The van der Waals surface area contributed by atoms with Crippen LogP contribution in [0.2, 0.25) is 0 Å². The lowest BCUT2D eigenvalue weighted by Crippen LogP contribution is -1.83. The van der Waals surface area contributed by atoms with Crippen LogP contribution in [0.3, 0.4) is 0 Å². The molecule has 0 spiro atoms. The lowest BCUT2D eigenvalue weighted by Gasteiger charge is -1.98. The van der Waals surface area contributed by atoms with E-state index in [0.29, 0.717) is 16.5 Å². The summed E-state index contributed by atoms with van der Waals surface area (Å²) in [6.07, 6.45) is 1.76. The molecule has 90 valence electrons. The van der Waals surface area contributed by atoms with Crippen LogP contribution < -0.4 is 5.73 Å². The zero-order valence-electron chi connectivity index (χ0n) is 9.75. The Balaban J connectivity index is 1.98. The molecule has 0 saturated carbocycles. The Kier molecular flexibility index (Phi) is 2.68. The average molecular weight is 257 g/mol. The summed E-state index contributed by atoms with van der Waals surface area (Å²) < 4.78 is 5.64. The molecular formula is C13H11N3OS. The largest absolute Gasteiger partial charge is 0.431 e.